The van der Waals surface area contributed by atoms with E-state index < -0.39 is 96.9 Å². The van der Waals surface area contributed by atoms with Crippen molar-refractivity contribution in [2.45, 2.75) is 55.3 Å². The van der Waals surface area contributed by atoms with E-state index in [1.165, 1.54) is 19.2 Å². The quantitative estimate of drug-likeness (QED) is 0.134. The van der Waals surface area contributed by atoms with Crippen LogP contribution in [-0.4, -0.2) is 122 Å². The van der Waals surface area contributed by atoms with Crippen LogP contribution in [0.5, 0.6) is 28.7 Å². The molecule has 234 valence electrons. The Bertz CT molecular complexity index is 1520. The Labute approximate surface area is 241 Å². The molecule has 0 aliphatic carbocycles. The third kappa shape index (κ3) is 5.67. The Balaban J connectivity index is 1.57. The van der Waals surface area contributed by atoms with E-state index >= 15 is 0 Å². The molecule has 0 saturated carbocycles. The van der Waals surface area contributed by atoms with Crippen LogP contribution in [0.15, 0.2) is 39.5 Å². The molecule has 2 aliphatic heterocycles. The fourth-order valence-electron chi connectivity index (χ4n) is 4.82. The highest BCUT2D eigenvalue weighted by molar-refractivity contribution is 5.88. The van der Waals surface area contributed by atoms with E-state index in [9.17, 15) is 50.8 Å². The molecule has 16 nitrogen and oxygen atoms in total. The molecule has 2 aliphatic rings. The largest absolute Gasteiger partial charge is 0.507 e. The minimum Gasteiger partial charge on any atom is -0.507 e. The van der Waals surface area contributed by atoms with Crippen LogP contribution in [0.25, 0.3) is 22.3 Å². The fraction of sp³-hybridized carbons (Fsp3) is 0.444. The van der Waals surface area contributed by atoms with Crippen molar-refractivity contribution < 1.29 is 74.1 Å². The SMILES string of the molecule is COc1cc(O)c2c(=O)c(OC3OC(CO)C(O)C(OC4OCC(O)C(O)C4O)C3O)c(-c3ccc(O)c(O)c3)oc2c1. The van der Waals surface area contributed by atoms with E-state index in [0.29, 0.717) is 0 Å². The molecule has 9 unspecified atom stereocenters. The zero-order valence-electron chi connectivity index (χ0n) is 22.4. The Morgan fingerprint density at radius 3 is 2.30 bits per heavy atom. The van der Waals surface area contributed by atoms with Crippen molar-refractivity contribution in [2.24, 2.45) is 0 Å². The number of aliphatic hydroxyl groups excluding tert-OH is 6. The van der Waals surface area contributed by atoms with Gasteiger partial charge < -0.3 is 74.1 Å². The molecule has 2 fully saturated rings. The van der Waals surface area contributed by atoms with Crippen molar-refractivity contribution in [3.05, 3.63) is 40.6 Å². The van der Waals surface area contributed by atoms with Crippen LogP contribution in [0.3, 0.4) is 0 Å². The predicted molar refractivity (Wildman–Crippen MR) is 140 cm³/mol. The van der Waals surface area contributed by atoms with Gasteiger partial charge in [0, 0.05) is 17.7 Å². The highest BCUT2D eigenvalue weighted by atomic mass is 16.7. The van der Waals surface area contributed by atoms with Gasteiger partial charge in [0.05, 0.1) is 20.3 Å². The average molecular weight is 611 g/mol. The standard InChI is InChI=1S/C27H30O16/c1-38-10-5-13(31)17-15(6-10)40-23(9-2-3-11(29)12(30)4-9)25(20(17)35)43-27-22(37)24(19(34)16(7-28)41-27)42-26-21(36)18(33)14(32)8-39-26/h2-6,14,16,18-19,21-22,24,26-34,36-37H,7-8H2,1H3. The molecule has 1 aromatic heterocycles. The van der Waals surface area contributed by atoms with Crippen molar-refractivity contribution in [1.82, 2.24) is 0 Å². The molecule has 0 radical (unpaired) electrons. The van der Waals surface area contributed by atoms with Crippen molar-refractivity contribution in [2.75, 3.05) is 20.3 Å². The van der Waals surface area contributed by atoms with Gasteiger partial charge in [0.1, 0.15) is 65.2 Å². The molecule has 9 N–H and O–H groups in total. The van der Waals surface area contributed by atoms with E-state index in [-0.39, 0.29) is 28.0 Å². The van der Waals surface area contributed by atoms with Crippen LogP contribution in [0, 0.1) is 0 Å². The highest BCUT2D eigenvalue weighted by Gasteiger charge is 2.50. The Kier molecular flexibility index (Phi) is 8.66. The number of aliphatic hydroxyl groups is 6. The molecule has 43 heavy (non-hydrogen) atoms. The number of rotatable bonds is 7. The molecule has 3 aromatic rings. The normalized spacial score (nSPS) is 31.2. The van der Waals surface area contributed by atoms with Crippen LogP contribution in [-0.2, 0) is 14.2 Å². The second-order valence-corrected chi connectivity index (χ2v) is 9.99. The molecule has 2 saturated heterocycles. The first kappa shape index (κ1) is 30.7. The molecule has 0 amide bonds. The molecule has 0 spiro atoms. The van der Waals surface area contributed by atoms with E-state index in [4.69, 9.17) is 28.1 Å². The van der Waals surface area contributed by atoms with Crippen molar-refractivity contribution in [1.29, 1.82) is 0 Å². The summed E-state index contributed by atoms with van der Waals surface area (Å²) in [6.45, 7) is -1.27. The maximum atomic E-state index is 13.7. The molecule has 9 atom stereocenters. The van der Waals surface area contributed by atoms with Gasteiger partial charge in [0.2, 0.25) is 17.5 Å². The topological polar surface area (TPSA) is 258 Å². The zero-order valence-corrected chi connectivity index (χ0v) is 22.4. The lowest BCUT2D eigenvalue weighted by Crippen LogP contribution is -2.64. The average Bonchev–Trinajstić information content (AvgIpc) is 2.98. The minimum atomic E-state index is -1.95. The summed E-state index contributed by atoms with van der Waals surface area (Å²) < 4.78 is 33.0. The van der Waals surface area contributed by atoms with Gasteiger partial charge in [0.15, 0.2) is 23.5 Å². The van der Waals surface area contributed by atoms with Crippen molar-refractivity contribution in [3.63, 3.8) is 0 Å². The van der Waals surface area contributed by atoms with Crippen molar-refractivity contribution >= 4 is 11.0 Å². The lowest BCUT2D eigenvalue weighted by molar-refractivity contribution is -0.339. The summed E-state index contributed by atoms with van der Waals surface area (Å²) in [7, 11) is 1.32. The van der Waals surface area contributed by atoms with Gasteiger partial charge >= 0.3 is 0 Å². The summed E-state index contributed by atoms with van der Waals surface area (Å²) >= 11 is 0. The first-order valence-corrected chi connectivity index (χ1v) is 13.0. The zero-order chi connectivity index (χ0) is 31.2. The Hall–Kier alpha value is -3.71. The highest BCUT2D eigenvalue weighted by Crippen LogP contribution is 2.40. The van der Waals surface area contributed by atoms with Crippen LogP contribution in [0.2, 0.25) is 0 Å². The van der Waals surface area contributed by atoms with E-state index in [0.717, 1.165) is 18.2 Å². The smallest absolute Gasteiger partial charge is 0.239 e. The first-order chi connectivity index (χ1) is 20.4. The minimum absolute atomic E-state index is 0.00900. The van der Waals surface area contributed by atoms with Gasteiger partial charge in [-0.25, -0.2) is 0 Å². The van der Waals surface area contributed by atoms with Gasteiger partial charge in [-0.1, -0.05) is 0 Å². The molecule has 5 rings (SSSR count). The summed E-state index contributed by atoms with van der Waals surface area (Å²) in [5.74, 6) is -2.47. The number of hydrogen-bond donors (Lipinski definition) is 9. The second-order valence-electron chi connectivity index (χ2n) is 9.99. The van der Waals surface area contributed by atoms with Gasteiger partial charge in [-0.05, 0) is 18.2 Å². The molecule has 16 heteroatoms. The van der Waals surface area contributed by atoms with Gasteiger partial charge in [0.25, 0.3) is 0 Å². The maximum absolute atomic E-state index is 13.7. The van der Waals surface area contributed by atoms with Gasteiger partial charge in [-0.2, -0.15) is 0 Å². The fourth-order valence-corrected chi connectivity index (χ4v) is 4.82. The van der Waals surface area contributed by atoms with Gasteiger partial charge in [-0.3, -0.25) is 4.79 Å². The summed E-state index contributed by atoms with van der Waals surface area (Å²) in [5, 5.41) is 91.8. The number of hydrogen-bond acceptors (Lipinski definition) is 16. The number of aromatic hydroxyl groups is 3. The number of fused-ring (bicyclic) bond motifs is 1. The molecule has 2 aromatic carbocycles. The van der Waals surface area contributed by atoms with E-state index in [1.54, 1.807) is 0 Å². The summed E-state index contributed by atoms with van der Waals surface area (Å²) in [5.41, 5.74) is -1.11. The Morgan fingerprint density at radius 1 is 0.884 bits per heavy atom. The number of phenolic OH excluding ortho intramolecular Hbond substituents is 3. The summed E-state index contributed by atoms with van der Waals surface area (Å²) in [4.78, 5) is 13.7. The lowest BCUT2D eigenvalue weighted by atomic mass is 9.98. The number of methoxy groups -OCH3 is 1. The summed E-state index contributed by atoms with van der Waals surface area (Å²) in [6, 6.07) is 5.88. The first-order valence-electron chi connectivity index (χ1n) is 13.0. The van der Waals surface area contributed by atoms with E-state index in [1.807, 2.05) is 0 Å². The Morgan fingerprint density at radius 2 is 1.63 bits per heavy atom. The maximum Gasteiger partial charge on any atom is 0.239 e. The number of phenols is 3. The monoisotopic (exact) mass is 610 g/mol. The predicted octanol–water partition coefficient (Wildman–Crippen LogP) is -1.77. The van der Waals surface area contributed by atoms with Crippen LogP contribution in [0.4, 0.5) is 0 Å². The van der Waals surface area contributed by atoms with E-state index in [2.05, 4.69) is 0 Å². The third-order valence-electron chi connectivity index (χ3n) is 7.18. The van der Waals surface area contributed by atoms with Crippen molar-refractivity contribution in [3.8, 4) is 40.1 Å². The lowest BCUT2D eigenvalue weighted by Gasteiger charge is -2.44. The molecule has 3 heterocycles. The number of benzene rings is 2. The van der Waals surface area contributed by atoms with Crippen LogP contribution < -0.4 is 14.9 Å². The molecule has 0 bridgehead atoms. The van der Waals surface area contributed by atoms with Crippen LogP contribution >= 0.6 is 0 Å². The number of ether oxygens (including phenoxy) is 5. The second kappa shape index (κ2) is 12.1. The molecular weight excluding hydrogens is 580 g/mol. The third-order valence-corrected chi connectivity index (χ3v) is 7.18. The van der Waals surface area contributed by atoms with Gasteiger partial charge in [-0.15, -0.1) is 0 Å². The summed E-state index contributed by atoms with van der Waals surface area (Å²) in [6.07, 6.45) is -15.3. The van der Waals surface area contributed by atoms with Crippen LogP contribution in [0.1, 0.15) is 0 Å². The molecular formula is C27H30O16.